The number of carbonyl (C=O) groups is 1. The van der Waals surface area contributed by atoms with E-state index >= 15 is 0 Å². The molecule has 0 bridgehead atoms. The van der Waals surface area contributed by atoms with Crippen LogP contribution < -0.4 is 5.32 Å². The molecule has 4 heteroatoms. The first kappa shape index (κ1) is 12.2. The lowest BCUT2D eigenvalue weighted by atomic mass is 9.96. The highest BCUT2D eigenvalue weighted by Gasteiger charge is 2.24. The summed E-state index contributed by atoms with van der Waals surface area (Å²) in [6.45, 7) is 10.8. The molecular formula is C11H20N2OSi. The van der Waals surface area contributed by atoms with Crippen LogP contribution >= 0.6 is 0 Å². The standard InChI is InChI=1S/C11H20N2OSi/c1-11(2,3)10-12-9(15(5)6)8(7-14)13(10)4/h7,15H,1-6H3. The lowest BCUT2D eigenvalue weighted by Crippen LogP contribution is -2.28. The van der Waals surface area contributed by atoms with Crippen molar-refractivity contribution >= 4 is 20.4 Å². The summed E-state index contributed by atoms with van der Waals surface area (Å²) in [4.78, 5) is 15.7. The van der Waals surface area contributed by atoms with Gasteiger partial charge in [-0.15, -0.1) is 0 Å². The number of aromatic nitrogens is 2. The smallest absolute Gasteiger partial charge is 0.167 e. The molecule has 0 aliphatic heterocycles. The van der Waals surface area contributed by atoms with Crippen molar-refractivity contribution in [3.8, 4) is 0 Å². The first-order chi connectivity index (χ1) is 6.79. The van der Waals surface area contributed by atoms with Gasteiger partial charge in [-0.25, -0.2) is 4.98 Å². The van der Waals surface area contributed by atoms with Crippen LogP contribution in [0.5, 0.6) is 0 Å². The molecule has 0 unspecified atom stereocenters. The Labute approximate surface area is 93.1 Å². The molecular weight excluding hydrogens is 204 g/mol. The van der Waals surface area contributed by atoms with E-state index in [9.17, 15) is 4.79 Å². The van der Waals surface area contributed by atoms with Gasteiger partial charge >= 0.3 is 0 Å². The fourth-order valence-corrected chi connectivity index (χ4v) is 3.00. The van der Waals surface area contributed by atoms with Crippen LogP contribution in [0.15, 0.2) is 0 Å². The third kappa shape index (κ3) is 2.20. The molecule has 15 heavy (non-hydrogen) atoms. The van der Waals surface area contributed by atoms with Crippen LogP contribution in [0.3, 0.4) is 0 Å². The summed E-state index contributed by atoms with van der Waals surface area (Å²) in [6.07, 6.45) is 0.935. The second-order valence-electron chi connectivity index (χ2n) is 5.29. The summed E-state index contributed by atoms with van der Waals surface area (Å²) >= 11 is 0. The maximum atomic E-state index is 11.1. The predicted octanol–water partition coefficient (Wildman–Crippen LogP) is 1.22. The van der Waals surface area contributed by atoms with Crippen molar-refractivity contribution in [1.82, 2.24) is 9.55 Å². The van der Waals surface area contributed by atoms with Crippen LogP contribution in [0.25, 0.3) is 0 Å². The molecule has 84 valence electrons. The van der Waals surface area contributed by atoms with E-state index < -0.39 is 8.80 Å². The zero-order valence-electron chi connectivity index (χ0n) is 10.5. The maximum Gasteiger partial charge on any atom is 0.167 e. The average molecular weight is 224 g/mol. The fraction of sp³-hybridized carbons (Fsp3) is 0.636. The highest BCUT2D eigenvalue weighted by Crippen LogP contribution is 2.20. The zero-order valence-corrected chi connectivity index (χ0v) is 11.6. The summed E-state index contributed by atoms with van der Waals surface area (Å²) in [6, 6.07) is 0. The molecule has 0 radical (unpaired) electrons. The number of hydrogen-bond acceptors (Lipinski definition) is 2. The molecule has 0 spiro atoms. The molecule has 1 rings (SSSR count). The molecule has 0 aliphatic rings. The fourth-order valence-electron chi connectivity index (χ4n) is 1.77. The summed E-state index contributed by atoms with van der Waals surface area (Å²) < 4.78 is 1.94. The van der Waals surface area contributed by atoms with Crippen molar-refractivity contribution in [2.24, 2.45) is 7.05 Å². The normalized spacial score (nSPS) is 12.2. The van der Waals surface area contributed by atoms with E-state index in [1.807, 2.05) is 11.6 Å². The number of carbonyl (C=O) groups excluding carboxylic acids is 1. The highest BCUT2D eigenvalue weighted by molar-refractivity contribution is 6.70. The second-order valence-corrected chi connectivity index (χ2v) is 8.14. The minimum absolute atomic E-state index is 0.00590. The Morgan fingerprint density at radius 3 is 2.13 bits per heavy atom. The lowest BCUT2D eigenvalue weighted by molar-refractivity contribution is 0.111. The third-order valence-electron chi connectivity index (χ3n) is 2.50. The van der Waals surface area contributed by atoms with E-state index in [0.29, 0.717) is 0 Å². The molecule has 1 aromatic rings. The van der Waals surface area contributed by atoms with Crippen molar-refractivity contribution in [3.63, 3.8) is 0 Å². The summed E-state index contributed by atoms with van der Waals surface area (Å²) in [7, 11) is 0.900. The van der Waals surface area contributed by atoms with Crippen molar-refractivity contribution in [2.75, 3.05) is 0 Å². The van der Waals surface area contributed by atoms with Crippen LogP contribution in [-0.4, -0.2) is 24.6 Å². The van der Waals surface area contributed by atoms with Crippen molar-refractivity contribution in [2.45, 2.75) is 39.3 Å². The van der Waals surface area contributed by atoms with Crippen molar-refractivity contribution in [3.05, 3.63) is 11.5 Å². The van der Waals surface area contributed by atoms with E-state index in [1.165, 1.54) is 0 Å². The number of imidazole rings is 1. The SMILES string of the molecule is Cn1c(C(C)(C)C)nc([SiH](C)C)c1C=O. The molecule has 0 atom stereocenters. The average Bonchev–Trinajstić information content (AvgIpc) is 2.41. The minimum atomic E-state index is -1.03. The Hall–Kier alpha value is -0.903. The molecule has 0 aliphatic carbocycles. The van der Waals surface area contributed by atoms with E-state index in [1.54, 1.807) is 0 Å². The molecule has 0 N–H and O–H groups in total. The van der Waals surface area contributed by atoms with Gasteiger partial charge in [0.15, 0.2) is 6.29 Å². The topological polar surface area (TPSA) is 34.9 Å². The quantitative estimate of drug-likeness (QED) is 0.559. The van der Waals surface area contributed by atoms with Gasteiger partial charge in [-0.2, -0.15) is 0 Å². The van der Waals surface area contributed by atoms with Gasteiger partial charge in [0, 0.05) is 17.8 Å². The van der Waals surface area contributed by atoms with E-state index in [-0.39, 0.29) is 5.41 Å². The molecule has 1 heterocycles. The molecule has 3 nitrogen and oxygen atoms in total. The van der Waals surface area contributed by atoms with Crippen molar-refractivity contribution < 1.29 is 4.79 Å². The number of rotatable bonds is 2. The van der Waals surface area contributed by atoms with Crippen LogP contribution in [0.2, 0.25) is 13.1 Å². The molecule has 0 saturated carbocycles. The van der Waals surface area contributed by atoms with Gasteiger partial charge in [0.2, 0.25) is 0 Å². The Morgan fingerprint density at radius 2 is 1.87 bits per heavy atom. The monoisotopic (exact) mass is 224 g/mol. The predicted molar refractivity (Wildman–Crippen MR) is 65.8 cm³/mol. The van der Waals surface area contributed by atoms with Gasteiger partial charge < -0.3 is 4.57 Å². The van der Waals surface area contributed by atoms with Crippen LogP contribution in [-0.2, 0) is 12.5 Å². The van der Waals surface area contributed by atoms with Gasteiger partial charge in [-0.1, -0.05) is 33.9 Å². The maximum absolute atomic E-state index is 11.1. The molecule has 0 aromatic carbocycles. The highest BCUT2D eigenvalue weighted by atomic mass is 28.3. The molecule has 0 fully saturated rings. The number of nitrogens with zero attached hydrogens (tertiary/aromatic N) is 2. The Balaban J connectivity index is 3.40. The van der Waals surface area contributed by atoms with Crippen molar-refractivity contribution in [1.29, 1.82) is 0 Å². The largest absolute Gasteiger partial charge is 0.329 e. The minimum Gasteiger partial charge on any atom is -0.329 e. The third-order valence-corrected chi connectivity index (χ3v) is 4.02. The van der Waals surface area contributed by atoms with Gasteiger partial charge in [0.1, 0.15) is 5.82 Å². The zero-order chi connectivity index (χ0) is 11.8. The number of hydrogen-bond donors (Lipinski definition) is 0. The van der Waals surface area contributed by atoms with Gasteiger partial charge in [-0.3, -0.25) is 4.79 Å². The van der Waals surface area contributed by atoms with Crippen LogP contribution in [0.4, 0.5) is 0 Å². The van der Waals surface area contributed by atoms with Gasteiger partial charge in [-0.05, 0) is 0 Å². The number of aldehydes is 1. The molecule has 0 amide bonds. The summed E-state index contributed by atoms with van der Waals surface area (Å²) in [5.74, 6) is 1.00. The Kier molecular flexibility index (Phi) is 3.18. The van der Waals surface area contributed by atoms with E-state index in [2.05, 4.69) is 38.8 Å². The first-order valence-corrected chi connectivity index (χ1v) is 8.20. The lowest BCUT2D eigenvalue weighted by Gasteiger charge is -2.17. The summed E-state index contributed by atoms with van der Waals surface area (Å²) in [5, 5.41) is 1.04. The van der Waals surface area contributed by atoms with Gasteiger partial charge in [0.05, 0.1) is 14.5 Å². The van der Waals surface area contributed by atoms with E-state index in [0.717, 1.165) is 23.1 Å². The Morgan fingerprint density at radius 1 is 1.33 bits per heavy atom. The van der Waals surface area contributed by atoms with Crippen LogP contribution in [0.1, 0.15) is 37.1 Å². The molecule has 0 saturated heterocycles. The Bertz CT molecular complexity index is 375. The van der Waals surface area contributed by atoms with Crippen LogP contribution in [0, 0.1) is 0 Å². The molecule has 1 aromatic heterocycles. The second kappa shape index (κ2) is 3.93. The van der Waals surface area contributed by atoms with Gasteiger partial charge in [0.25, 0.3) is 0 Å². The van der Waals surface area contributed by atoms with E-state index in [4.69, 9.17) is 0 Å². The first-order valence-electron chi connectivity index (χ1n) is 5.31. The summed E-state index contributed by atoms with van der Waals surface area (Å²) in [5.41, 5.74) is 0.759.